The zero-order chi connectivity index (χ0) is 11.5. The zero-order valence-electron chi connectivity index (χ0n) is 9.70. The maximum atomic E-state index is 12.1. The van der Waals surface area contributed by atoms with Crippen molar-refractivity contribution in [3.63, 3.8) is 0 Å². The predicted molar refractivity (Wildman–Crippen MR) is 71.0 cm³/mol. The van der Waals surface area contributed by atoms with Crippen molar-refractivity contribution >= 4 is 29.9 Å². The van der Waals surface area contributed by atoms with Crippen LogP contribution in [0.25, 0.3) is 0 Å². The van der Waals surface area contributed by atoms with E-state index in [1.807, 2.05) is 11.9 Å². The Balaban J connectivity index is 0.00000144. The molecule has 0 spiro atoms. The SMILES string of the molecule is CNC1CCCN(C(=O)c2cc(Cl)c[nH]2)C1.Cl. The van der Waals surface area contributed by atoms with Gasteiger partial charge in [0.25, 0.3) is 5.91 Å². The Morgan fingerprint density at radius 1 is 1.65 bits per heavy atom. The topological polar surface area (TPSA) is 48.1 Å². The number of hydrogen-bond donors (Lipinski definition) is 2. The molecule has 4 nitrogen and oxygen atoms in total. The predicted octanol–water partition coefficient (Wildman–Crippen LogP) is 1.91. The molecule has 0 radical (unpaired) electrons. The van der Waals surface area contributed by atoms with Gasteiger partial charge in [-0.1, -0.05) is 11.6 Å². The van der Waals surface area contributed by atoms with E-state index in [-0.39, 0.29) is 18.3 Å². The summed E-state index contributed by atoms with van der Waals surface area (Å²) < 4.78 is 0. The lowest BCUT2D eigenvalue weighted by Gasteiger charge is -2.32. The quantitative estimate of drug-likeness (QED) is 0.868. The van der Waals surface area contributed by atoms with Crippen molar-refractivity contribution in [3.8, 4) is 0 Å². The van der Waals surface area contributed by atoms with E-state index in [0.29, 0.717) is 16.8 Å². The van der Waals surface area contributed by atoms with E-state index in [0.717, 1.165) is 25.9 Å². The van der Waals surface area contributed by atoms with Gasteiger partial charge in [-0.05, 0) is 26.0 Å². The summed E-state index contributed by atoms with van der Waals surface area (Å²) in [5.41, 5.74) is 0.571. The number of likely N-dealkylation sites (N-methyl/N-ethyl adjacent to an activating group) is 1. The van der Waals surface area contributed by atoms with E-state index in [2.05, 4.69) is 10.3 Å². The molecule has 1 aliphatic rings. The van der Waals surface area contributed by atoms with Gasteiger partial charge in [0.2, 0.25) is 0 Å². The van der Waals surface area contributed by atoms with Crippen molar-refractivity contribution in [2.24, 2.45) is 0 Å². The molecular weight excluding hydrogens is 261 g/mol. The number of carbonyl (C=O) groups excluding carboxylic acids is 1. The summed E-state index contributed by atoms with van der Waals surface area (Å²) in [5, 5.41) is 3.79. The summed E-state index contributed by atoms with van der Waals surface area (Å²) in [4.78, 5) is 16.8. The first-order valence-electron chi connectivity index (χ1n) is 5.51. The summed E-state index contributed by atoms with van der Waals surface area (Å²) >= 11 is 5.79. The third-order valence-corrected chi connectivity index (χ3v) is 3.21. The molecule has 2 rings (SSSR count). The van der Waals surface area contributed by atoms with Crippen LogP contribution in [0.1, 0.15) is 23.3 Å². The number of nitrogens with one attached hydrogen (secondary N) is 2. The molecule has 1 aromatic rings. The standard InChI is InChI=1S/C11H16ClN3O.ClH/c1-13-9-3-2-4-15(7-9)11(16)10-5-8(12)6-14-10;/h5-6,9,13-14H,2-4,7H2,1H3;1H. The minimum absolute atomic E-state index is 0. The first-order valence-corrected chi connectivity index (χ1v) is 5.89. The zero-order valence-corrected chi connectivity index (χ0v) is 11.3. The second-order valence-corrected chi connectivity index (χ2v) is 4.55. The van der Waals surface area contributed by atoms with Crippen molar-refractivity contribution in [3.05, 3.63) is 23.0 Å². The van der Waals surface area contributed by atoms with Crippen LogP contribution in [0.3, 0.4) is 0 Å². The van der Waals surface area contributed by atoms with Gasteiger partial charge in [-0.15, -0.1) is 12.4 Å². The Morgan fingerprint density at radius 2 is 2.41 bits per heavy atom. The van der Waals surface area contributed by atoms with E-state index >= 15 is 0 Å². The van der Waals surface area contributed by atoms with E-state index in [9.17, 15) is 4.79 Å². The molecule has 0 aromatic carbocycles. The highest BCUT2D eigenvalue weighted by Gasteiger charge is 2.24. The van der Waals surface area contributed by atoms with Crippen LogP contribution in [0, 0.1) is 0 Å². The number of aromatic amines is 1. The number of hydrogen-bond acceptors (Lipinski definition) is 2. The number of H-pyrrole nitrogens is 1. The molecule has 96 valence electrons. The van der Waals surface area contributed by atoms with E-state index < -0.39 is 0 Å². The largest absolute Gasteiger partial charge is 0.356 e. The van der Waals surface area contributed by atoms with Crippen LogP contribution in [-0.2, 0) is 0 Å². The molecule has 6 heteroatoms. The summed E-state index contributed by atoms with van der Waals surface area (Å²) in [5.74, 6) is 0.0341. The number of rotatable bonds is 2. The van der Waals surface area contributed by atoms with Crippen LogP contribution in [0.15, 0.2) is 12.3 Å². The lowest BCUT2D eigenvalue weighted by Crippen LogP contribution is -2.47. The van der Waals surface area contributed by atoms with Gasteiger partial charge in [-0.2, -0.15) is 0 Å². The molecule has 2 N–H and O–H groups in total. The van der Waals surface area contributed by atoms with Crippen molar-refractivity contribution in [1.29, 1.82) is 0 Å². The Labute approximate surface area is 112 Å². The van der Waals surface area contributed by atoms with Crippen molar-refractivity contribution in [1.82, 2.24) is 15.2 Å². The molecule has 1 unspecified atom stereocenters. The van der Waals surface area contributed by atoms with Gasteiger partial charge < -0.3 is 15.2 Å². The minimum Gasteiger partial charge on any atom is -0.356 e. The molecule has 1 fully saturated rings. The Kier molecular flexibility index (Phi) is 5.31. The molecule has 1 aliphatic heterocycles. The molecule has 1 saturated heterocycles. The third-order valence-electron chi connectivity index (χ3n) is 3.00. The van der Waals surface area contributed by atoms with E-state index in [1.54, 1.807) is 12.3 Å². The smallest absolute Gasteiger partial charge is 0.270 e. The maximum Gasteiger partial charge on any atom is 0.270 e. The van der Waals surface area contributed by atoms with Gasteiger partial charge in [0.05, 0.1) is 5.02 Å². The minimum atomic E-state index is 0. The number of aromatic nitrogens is 1. The molecule has 0 saturated carbocycles. The lowest BCUT2D eigenvalue weighted by atomic mass is 10.1. The fourth-order valence-corrected chi connectivity index (χ4v) is 2.22. The van der Waals surface area contributed by atoms with Gasteiger partial charge in [-0.25, -0.2) is 0 Å². The molecule has 0 aliphatic carbocycles. The molecule has 2 heterocycles. The monoisotopic (exact) mass is 277 g/mol. The number of piperidine rings is 1. The molecule has 1 aromatic heterocycles. The fourth-order valence-electron chi connectivity index (χ4n) is 2.06. The summed E-state index contributed by atoms with van der Waals surface area (Å²) in [6, 6.07) is 2.08. The normalized spacial score (nSPS) is 19.9. The Morgan fingerprint density at radius 3 is 3.00 bits per heavy atom. The molecular formula is C11H17Cl2N3O. The van der Waals surface area contributed by atoms with E-state index in [1.165, 1.54) is 0 Å². The number of likely N-dealkylation sites (tertiary alicyclic amines) is 1. The number of halogens is 2. The second-order valence-electron chi connectivity index (χ2n) is 4.11. The number of amides is 1. The summed E-state index contributed by atoms with van der Waals surface area (Å²) in [6.45, 7) is 1.60. The first-order chi connectivity index (χ1) is 7.70. The molecule has 1 amide bonds. The van der Waals surface area contributed by atoms with Gasteiger partial charge in [0, 0.05) is 25.3 Å². The second kappa shape index (κ2) is 6.28. The number of carbonyl (C=O) groups is 1. The third kappa shape index (κ3) is 3.37. The van der Waals surface area contributed by atoms with Crippen LogP contribution >= 0.6 is 24.0 Å². The Bertz CT molecular complexity index is 381. The van der Waals surface area contributed by atoms with Gasteiger partial charge in [0.1, 0.15) is 5.69 Å². The van der Waals surface area contributed by atoms with Gasteiger partial charge in [-0.3, -0.25) is 4.79 Å². The van der Waals surface area contributed by atoms with Crippen LogP contribution < -0.4 is 5.32 Å². The van der Waals surface area contributed by atoms with Crippen molar-refractivity contribution in [2.75, 3.05) is 20.1 Å². The maximum absolute atomic E-state index is 12.1. The highest BCUT2D eigenvalue weighted by atomic mass is 35.5. The van der Waals surface area contributed by atoms with Crippen molar-refractivity contribution < 1.29 is 4.79 Å². The lowest BCUT2D eigenvalue weighted by molar-refractivity contribution is 0.0693. The van der Waals surface area contributed by atoms with Crippen LogP contribution in [0.5, 0.6) is 0 Å². The average Bonchev–Trinajstić information content (AvgIpc) is 2.75. The Hall–Kier alpha value is -0.710. The molecule has 1 atom stereocenters. The first kappa shape index (κ1) is 14.4. The molecule has 17 heavy (non-hydrogen) atoms. The van der Waals surface area contributed by atoms with Crippen LogP contribution in [0.2, 0.25) is 5.02 Å². The highest BCUT2D eigenvalue weighted by Crippen LogP contribution is 2.15. The van der Waals surface area contributed by atoms with Gasteiger partial charge in [0.15, 0.2) is 0 Å². The fraction of sp³-hybridized carbons (Fsp3) is 0.545. The summed E-state index contributed by atoms with van der Waals surface area (Å²) in [7, 11) is 1.93. The van der Waals surface area contributed by atoms with Crippen LogP contribution in [0.4, 0.5) is 0 Å². The average molecular weight is 278 g/mol. The molecule has 0 bridgehead atoms. The van der Waals surface area contributed by atoms with Crippen molar-refractivity contribution in [2.45, 2.75) is 18.9 Å². The number of nitrogens with zero attached hydrogens (tertiary/aromatic N) is 1. The van der Waals surface area contributed by atoms with E-state index in [4.69, 9.17) is 11.6 Å². The highest BCUT2D eigenvalue weighted by molar-refractivity contribution is 6.30. The van der Waals surface area contributed by atoms with Crippen LogP contribution in [-0.4, -0.2) is 42.0 Å². The summed E-state index contributed by atoms with van der Waals surface area (Å²) in [6.07, 6.45) is 3.81. The van der Waals surface area contributed by atoms with Gasteiger partial charge >= 0.3 is 0 Å².